The van der Waals surface area contributed by atoms with Crippen LogP contribution in [-0.4, -0.2) is 40.7 Å². The Kier molecular flexibility index (Phi) is 4.23. The number of nitrogens with one attached hydrogen (secondary N) is 1. The summed E-state index contributed by atoms with van der Waals surface area (Å²) in [7, 11) is 1.83. The van der Waals surface area contributed by atoms with Gasteiger partial charge in [0.25, 0.3) is 5.91 Å². The fourth-order valence-corrected chi connectivity index (χ4v) is 3.20. The monoisotopic (exact) mass is 307 g/mol. The first-order chi connectivity index (χ1) is 10.5. The molecule has 0 radical (unpaired) electrons. The Balaban J connectivity index is 1.51. The van der Waals surface area contributed by atoms with Gasteiger partial charge >= 0.3 is 0 Å². The minimum atomic E-state index is -0.397. The molecule has 6 nitrogen and oxygen atoms in total. The highest BCUT2D eigenvalue weighted by Crippen LogP contribution is 2.39. The number of rotatable bonds is 3. The summed E-state index contributed by atoms with van der Waals surface area (Å²) < 4.78 is 13.7. The quantitative estimate of drug-likeness (QED) is 0.924. The van der Waals surface area contributed by atoms with E-state index in [1.54, 1.807) is 10.9 Å². The molecule has 122 valence electrons. The van der Waals surface area contributed by atoms with Crippen molar-refractivity contribution in [3.8, 4) is 0 Å². The molecule has 3 rings (SSSR count). The summed E-state index contributed by atoms with van der Waals surface area (Å²) in [5.41, 5.74) is 1.47. The largest absolute Gasteiger partial charge is 0.349 e. The molecule has 0 aromatic carbocycles. The summed E-state index contributed by atoms with van der Waals surface area (Å²) in [6, 6.07) is 0. The normalized spacial score (nSPS) is 31.6. The van der Waals surface area contributed by atoms with Crippen molar-refractivity contribution >= 4 is 5.91 Å². The van der Waals surface area contributed by atoms with Crippen molar-refractivity contribution in [3.63, 3.8) is 0 Å². The standard InChI is InChI=1S/C16H25N3O3/c1-11-4-6-16(7-5-11)21-10-13(22-16)8-17-15(20)14-9-18-19(3)12(14)2/h9,11,13H,4-8,10H2,1-3H3,(H,17,20)/t11?,13-,16?/m0/s1. The molecule has 1 aromatic rings. The SMILES string of the molecule is Cc1c(C(=O)NC[C@H]2COC3(CCC(C)CC3)O2)cnn1C. The van der Waals surface area contributed by atoms with Crippen LogP contribution in [0.2, 0.25) is 0 Å². The number of carbonyl (C=O) groups is 1. The number of ether oxygens (including phenoxy) is 2. The van der Waals surface area contributed by atoms with E-state index in [1.807, 2.05) is 14.0 Å². The first kappa shape index (κ1) is 15.5. The molecule has 1 amide bonds. The van der Waals surface area contributed by atoms with Gasteiger partial charge in [0.2, 0.25) is 0 Å². The van der Waals surface area contributed by atoms with Gasteiger partial charge in [-0.05, 0) is 25.7 Å². The maximum absolute atomic E-state index is 12.2. The van der Waals surface area contributed by atoms with Crippen molar-refractivity contribution in [1.82, 2.24) is 15.1 Å². The maximum Gasteiger partial charge on any atom is 0.254 e. The third kappa shape index (κ3) is 3.03. The Labute approximate surface area is 131 Å². The van der Waals surface area contributed by atoms with E-state index < -0.39 is 5.79 Å². The molecular weight excluding hydrogens is 282 g/mol. The number of hydrogen-bond acceptors (Lipinski definition) is 4. The molecule has 1 aliphatic heterocycles. The van der Waals surface area contributed by atoms with Gasteiger partial charge < -0.3 is 14.8 Å². The summed E-state index contributed by atoms with van der Waals surface area (Å²) in [5.74, 6) is 0.254. The average molecular weight is 307 g/mol. The van der Waals surface area contributed by atoms with Gasteiger partial charge in [-0.25, -0.2) is 0 Å². The van der Waals surface area contributed by atoms with Crippen molar-refractivity contribution in [2.45, 2.75) is 51.4 Å². The zero-order chi connectivity index (χ0) is 15.7. The van der Waals surface area contributed by atoms with Gasteiger partial charge in [-0.1, -0.05) is 6.92 Å². The van der Waals surface area contributed by atoms with E-state index in [-0.39, 0.29) is 12.0 Å². The lowest BCUT2D eigenvalue weighted by atomic mass is 9.86. The number of hydrogen-bond donors (Lipinski definition) is 1. The van der Waals surface area contributed by atoms with Crippen LogP contribution < -0.4 is 5.32 Å². The van der Waals surface area contributed by atoms with Crippen molar-refractivity contribution in [2.75, 3.05) is 13.2 Å². The number of aryl methyl sites for hydroxylation is 1. The molecule has 2 fully saturated rings. The molecule has 1 aliphatic carbocycles. The van der Waals surface area contributed by atoms with Gasteiger partial charge in [0.15, 0.2) is 5.79 Å². The van der Waals surface area contributed by atoms with Crippen molar-refractivity contribution in [3.05, 3.63) is 17.5 Å². The van der Waals surface area contributed by atoms with Crippen molar-refractivity contribution in [1.29, 1.82) is 0 Å². The fourth-order valence-electron chi connectivity index (χ4n) is 3.20. The van der Waals surface area contributed by atoms with Crippen molar-refractivity contribution < 1.29 is 14.3 Å². The first-order valence-electron chi connectivity index (χ1n) is 8.08. The molecule has 1 aromatic heterocycles. The molecule has 1 saturated heterocycles. The van der Waals surface area contributed by atoms with Crippen LogP contribution in [0, 0.1) is 12.8 Å². The van der Waals surface area contributed by atoms with Crippen LogP contribution in [0.15, 0.2) is 6.20 Å². The highest BCUT2D eigenvalue weighted by atomic mass is 16.7. The van der Waals surface area contributed by atoms with Gasteiger partial charge in [0.05, 0.1) is 18.4 Å². The lowest BCUT2D eigenvalue weighted by Crippen LogP contribution is -2.38. The van der Waals surface area contributed by atoms with Gasteiger partial charge in [-0.15, -0.1) is 0 Å². The molecule has 22 heavy (non-hydrogen) atoms. The number of carbonyl (C=O) groups excluding carboxylic acids is 1. The lowest BCUT2D eigenvalue weighted by molar-refractivity contribution is -0.191. The number of nitrogens with zero attached hydrogens (tertiary/aromatic N) is 2. The Bertz CT molecular complexity index is 547. The molecule has 2 heterocycles. The van der Waals surface area contributed by atoms with Crippen LogP contribution in [0.4, 0.5) is 0 Å². The topological polar surface area (TPSA) is 65.4 Å². The second-order valence-corrected chi connectivity index (χ2v) is 6.62. The number of aromatic nitrogens is 2. The smallest absolute Gasteiger partial charge is 0.254 e. The third-order valence-electron chi connectivity index (χ3n) is 4.92. The third-order valence-corrected chi connectivity index (χ3v) is 4.92. The minimum Gasteiger partial charge on any atom is -0.349 e. The maximum atomic E-state index is 12.2. The molecule has 1 atom stereocenters. The predicted molar refractivity (Wildman–Crippen MR) is 81.5 cm³/mol. The summed E-state index contributed by atoms with van der Waals surface area (Å²) in [6.07, 6.45) is 5.75. The van der Waals surface area contributed by atoms with Gasteiger partial charge in [-0.3, -0.25) is 9.48 Å². The summed E-state index contributed by atoms with van der Waals surface area (Å²) in [5, 5.41) is 7.02. The van der Waals surface area contributed by atoms with E-state index in [0.717, 1.165) is 37.3 Å². The number of amides is 1. The van der Waals surface area contributed by atoms with Gasteiger partial charge in [-0.2, -0.15) is 5.10 Å². The molecule has 0 bridgehead atoms. The van der Waals surface area contributed by atoms with Crippen LogP contribution in [0.1, 0.15) is 48.7 Å². The first-order valence-corrected chi connectivity index (χ1v) is 8.08. The minimum absolute atomic E-state index is 0.0608. The van der Waals surface area contributed by atoms with E-state index in [4.69, 9.17) is 9.47 Å². The van der Waals surface area contributed by atoms with Crippen LogP contribution >= 0.6 is 0 Å². The summed E-state index contributed by atoms with van der Waals surface area (Å²) in [4.78, 5) is 12.2. The zero-order valence-electron chi connectivity index (χ0n) is 13.6. The average Bonchev–Trinajstić information content (AvgIpc) is 3.06. The molecule has 1 N–H and O–H groups in total. The molecule has 0 unspecified atom stereocenters. The molecule has 2 aliphatic rings. The molecule has 1 spiro atoms. The van der Waals surface area contributed by atoms with E-state index in [9.17, 15) is 4.79 Å². The van der Waals surface area contributed by atoms with Gasteiger partial charge in [0.1, 0.15) is 6.10 Å². The summed E-state index contributed by atoms with van der Waals surface area (Å²) in [6.45, 7) is 5.19. The second-order valence-electron chi connectivity index (χ2n) is 6.62. The highest BCUT2D eigenvalue weighted by molar-refractivity contribution is 5.95. The van der Waals surface area contributed by atoms with E-state index >= 15 is 0 Å². The molecule has 6 heteroatoms. The zero-order valence-corrected chi connectivity index (χ0v) is 13.6. The van der Waals surface area contributed by atoms with E-state index in [2.05, 4.69) is 17.3 Å². The predicted octanol–water partition coefficient (Wildman–Crippen LogP) is 1.78. The summed E-state index contributed by atoms with van der Waals surface area (Å²) >= 11 is 0. The molecule has 1 saturated carbocycles. The van der Waals surface area contributed by atoms with Crippen LogP contribution in [0.3, 0.4) is 0 Å². The molecular formula is C16H25N3O3. The van der Waals surface area contributed by atoms with Crippen molar-refractivity contribution in [2.24, 2.45) is 13.0 Å². The second kappa shape index (κ2) is 6.01. The Morgan fingerprint density at radius 1 is 1.50 bits per heavy atom. The Morgan fingerprint density at radius 2 is 2.23 bits per heavy atom. The van der Waals surface area contributed by atoms with E-state index in [0.29, 0.717) is 18.7 Å². The Morgan fingerprint density at radius 3 is 2.86 bits per heavy atom. The van der Waals surface area contributed by atoms with E-state index in [1.165, 1.54) is 0 Å². The highest BCUT2D eigenvalue weighted by Gasteiger charge is 2.43. The fraction of sp³-hybridized carbons (Fsp3) is 0.750. The lowest BCUT2D eigenvalue weighted by Gasteiger charge is -2.34. The van der Waals surface area contributed by atoms with Crippen LogP contribution in [-0.2, 0) is 16.5 Å². The van der Waals surface area contributed by atoms with Crippen LogP contribution in [0.5, 0.6) is 0 Å². The van der Waals surface area contributed by atoms with Crippen LogP contribution in [0.25, 0.3) is 0 Å². The van der Waals surface area contributed by atoms with Gasteiger partial charge in [0, 0.05) is 32.1 Å². The Hall–Kier alpha value is -1.40.